The van der Waals surface area contributed by atoms with E-state index >= 15 is 0 Å². The number of ether oxygens (including phenoxy) is 1. The zero-order valence-electron chi connectivity index (χ0n) is 16.2. The highest BCUT2D eigenvalue weighted by Crippen LogP contribution is 2.29. The van der Waals surface area contributed by atoms with Crippen molar-refractivity contribution in [3.05, 3.63) is 46.6 Å². The standard InChI is InChI=1S/C20H23N5O4/c1-28-15-4-5-17-16(9-15)24-20(29-17)25-6-2-3-13(11-25)7-18(26)21-10-14-8-19(27)23-12-22-14/h4-5,8-9,12-13H,2-3,6-7,10-11H2,1H3,(H,21,26)(H,22,23,27). The number of carbonyl (C=O) groups excluding carboxylic acids is 1. The molecular weight excluding hydrogens is 374 g/mol. The molecule has 1 saturated heterocycles. The van der Waals surface area contributed by atoms with Crippen LogP contribution >= 0.6 is 0 Å². The van der Waals surface area contributed by atoms with Crippen LogP contribution in [0, 0.1) is 5.92 Å². The zero-order valence-corrected chi connectivity index (χ0v) is 16.2. The van der Waals surface area contributed by atoms with Crippen LogP contribution in [0.25, 0.3) is 11.1 Å². The van der Waals surface area contributed by atoms with Crippen LogP contribution in [0.5, 0.6) is 5.75 Å². The largest absolute Gasteiger partial charge is 0.497 e. The number of piperidine rings is 1. The molecule has 0 spiro atoms. The van der Waals surface area contributed by atoms with E-state index in [9.17, 15) is 9.59 Å². The Balaban J connectivity index is 1.35. The Bertz CT molecular complexity index is 1060. The molecule has 0 bridgehead atoms. The number of carbonyl (C=O) groups is 1. The summed E-state index contributed by atoms with van der Waals surface area (Å²) in [5, 5.41) is 2.84. The minimum absolute atomic E-state index is 0.0544. The summed E-state index contributed by atoms with van der Waals surface area (Å²) in [4.78, 5) is 36.8. The molecule has 1 unspecified atom stereocenters. The molecule has 1 amide bonds. The maximum atomic E-state index is 12.3. The van der Waals surface area contributed by atoms with Crippen molar-refractivity contribution in [1.29, 1.82) is 0 Å². The van der Waals surface area contributed by atoms with Crippen molar-refractivity contribution in [2.75, 3.05) is 25.1 Å². The highest BCUT2D eigenvalue weighted by molar-refractivity contribution is 5.77. The number of hydrogen-bond donors (Lipinski definition) is 2. The van der Waals surface area contributed by atoms with E-state index in [1.165, 1.54) is 12.4 Å². The first kappa shape index (κ1) is 19.0. The van der Waals surface area contributed by atoms with Gasteiger partial charge < -0.3 is 24.4 Å². The van der Waals surface area contributed by atoms with Gasteiger partial charge in [0.05, 0.1) is 25.7 Å². The Kier molecular flexibility index (Phi) is 5.46. The fourth-order valence-corrected chi connectivity index (χ4v) is 3.59. The molecule has 0 saturated carbocycles. The molecule has 2 N–H and O–H groups in total. The number of fused-ring (bicyclic) bond motifs is 1. The van der Waals surface area contributed by atoms with Crippen LogP contribution in [-0.4, -0.2) is 41.1 Å². The van der Waals surface area contributed by atoms with E-state index in [-0.39, 0.29) is 23.9 Å². The summed E-state index contributed by atoms with van der Waals surface area (Å²) in [6.07, 6.45) is 3.68. The molecule has 3 heterocycles. The number of benzene rings is 1. The predicted molar refractivity (Wildman–Crippen MR) is 107 cm³/mol. The number of aromatic nitrogens is 3. The monoisotopic (exact) mass is 397 g/mol. The highest BCUT2D eigenvalue weighted by Gasteiger charge is 2.25. The Morgan fingerprint density at radius 3 is 3.14 bits per heavy atom. The van der Waals surface area contributed by atoms with E-state index in [1.54, 1.807) is 7.11 Å². The zero-order chi connectivity index (χ0) is 20.2. The molecule has 2 aromatic heterocycles. The van der Waals surface area contributed by atoms with Crippen LogP contribution in [0.3, 0.4) is 0 Å². The van der Waals surface area contributed by atoms with Crippen molar-refractivity contribution in [3.8, 4) is 5.75 Å². The molecule has 29 heavy (non-hydrogen) atoms. The van der Waals surface area contributed by atoms with Crippen LogP contribution in [0.2, 0.25) is 0 Å². The molecule has 0 radical (unpaired) electrons. The van der Waals surface area contributed by atoms with Crippen molar-refractivity contribution in [3.63, 3.8) is 0 Å². The summed E-state index contributed by atoms with van der Waals surface area (Å²) in [6, 6.07) is 7.49. The lowest BCUT2D eigenvalue weighted by Gasteiger charge is -2.31. The minimum atomic E-state index is -0.233. The summed E-state index contributed by atoms with van der Waals surface area (Å²) in [6.45, 7) is 1.80. The SMILES string of the molecule is COc1ccc2oc(N3CCCC(CC(=O)NCc4cc(=O)[nH]cn4)C3)nc2c1. The molecule has 1 atom stereocenters. The van der Waals surface area contributed by atoms with Crippen LogP contribution in [-0.2, 0) is 11.3 Å². The van der Waals surface area contributed by atoms with Gasteiger partial charge in [0.1, 0.15) is 11.3 Å². The van der Waals surface area contributed by atoms with Gasteiger partial charge in [0.25, 0.3) is 11.6 Å². The van der Waals surface area contributed by atoms with Gasteiger partial charge in [0, 0.05) is 31.6 Å². The van der Waals surface area contributed by atoms with Gasteiger partial charge in [-0.1, -0.05) is 0 Å². The van der Waals surface area contributed by atoms with Crippen LogP contribution in [0.4, 0.5) is 6.01 Å². The predicted octanol–water partition coefficient (Wildman–Crippen LogP) is 1.84. The molecule has 0 aliphatic carbocycles. The fraction of sp³-hybridized carbons (Fsp3) is 0.400. The van der Waals surface area contributed by atoms with Gasteiger partial charge in [-0.2, -0.15) is 4.98 Å². The second-order valence-electron chi connectivity index (χ2n) is 7.17. The first-order valence-electron chi connectivity index (χ1n) is 9.60. The van der Waals surface area contributed by atoms with Crippen LogP contribution in [0.15, 0.2) is 39.8 Å². The summed E-state index contributed by atoms with van der Waals surface area (Å²) >= 11 is 0. The van der Waals surface area contributed by atoms with Gasteiger partial charge >= 0.3 is 0 Å². The number of rotatable bonds is 6. The molecule has 3 aromatic rings. The third kappa shape index (κ3) is 4.56. The van der Waals surface area contributed by atoms with Crippen molar-refractivity contribution in [1.82, 2.24) is 20.3 Å². The molecule has 4 rings (SSSR count). The molecular formula is C20H23N5O4. The lowest BCUT2D eigenvalue weighted by Crippen LogP contribution is -2.38. The first-order valence-corrected chi connectivity index (χ1v) is 9.60. The maximum absolute atomic E-state index is 12.3. The molecule has 1 aliphatic heterocycles. The van der Waals surface area contributed by atoms with Gasteiger partial charge in [-0.3, -0.25) is 9.59 Å². The molecule has 9 heteroatoms. The molecule has 1 aromatic carbocycles. The first-order chi connectivity index (χ1) is 14.1. The van der Waals surface area contributed by atoms with Gasteiger partial charge in [0.2, 0.25) is 5.91 Å². The third-order valence-electron chi connectivity index (χ3n) is 5.05. The number of H-pyrrole nitrogens is 1. The van der Waals surface area contributed by atoms with Gasteiger partial charge in [0.15, 0.2) is 5.58 Å². The summed E-state index contributed by atoms with van der Waals surface area (Å²) in [7, 11) is 1.62. The van der Waals surface area contributed by atoms with E-state index in [4.69, 9.17) is 9.15 Å². The number of aromatic amines is 1. The normalized spacial score (nSPS) is 16.7. The number of oxazole rings is 1. The second kappa shape index (κ2) is 8.34. The summed E-state index contributed by atoms with van der Waals surface area (Å²) < 4.78 is 11.1. The number of amides is 1. The Hall–Kier alpha value is -3.36. The van der Waals surface area contributed by atoms with Crippen molar-refractivity contribution in [2.24, 2.45) is 5.92 Å². The number of nitrogens with one attached hydrogen (secondary N) is 2. The third-order valence-corrected chi connectivity index (χ3v) is 5.05. The fourth-order valence-electron chi connectivity index (χ4n) is 3.59. The number of nitrogens with zero attached hydrogens (tertiary/aromatic N) is 3. The van der Waals surface area contributed by atoms with E-state index in [1.807, 2.05) is 18.2 Å². The minimum Gasteiger partial charge on any atom is -0.497 e. The average Bonchev–Trinajstić information content (AvgIpc) is 3.16. The second-order valence-corrected chi connectivity index (χ2v) is 7.17. The maximum Gasteiger partial charge on any atom is 0.298 e. The number of hydrogen-bond acceptors (Lipinski definition) is 7. The molecule has 152 valence electrons. The number of methoxy groups -OCH3 is 1. The molecule has 9 nitrogen and oxygen atoms in total. The van der Waals surface area contributed by atoms with E-state index in [0.717, 1.165) is 30.7 Å². The van der Waals surface area contributed by atoms with Gasteiger partial charge in [-0.05, 0) is 30.9 Å². The van der Waals surface area contributed by atoms with E-state index in [0.29, 0.717) is 30.3 Å². The Labute approximate surface area is 167 Å². The van der Waals surface area contributed by atoms with Crippen LogP contribution < -0.4 is 20.5 Å². The van der Waals surface area contributed by atoms with E-state index < -0.39 is 0 Å². The van der Waals surface area contributed by atoms with Gasteiger partial charge in [-0.15, -0.1) is 0 Å². The smallest absolute Gasteiger partial charge is 0.298 e. The lowest BCUT2D eigenvalue weighted by atomic mass is 9.94. The van der Waals surface area contributed by atoms with Crippen molar-refractivity contribution in [2.45, 2.75) is 25.8 Å². The lowest BCUT2D eigenvalue weighted by molar-refractivity contribution is -0.122. The summed E-state index contributed by atoms with van der Waals surface area (Å²) in [5.74, 6) is 0.891. The van der Waals surface area contributed by atoms with Gasteiger partial charge in [-0.25, -0.2) is 4.98 Å². The number of anilines is 1. The Morgan fingerprint density at radius 1 is 1.41 bits per heavy atom. The average molecular weight is 397 g/mol. The highest BCUT2D eigenvalue weighted by atomic mass is 16.5. The Morgan fingerprint density at radius 2 is 2.31 bits per heavy atom. The molecule has 1 fully saturated rings. The van der Waals surface area contributed by atoms with Crippen LogP contribution in [0.1, 0.15) is 25.0 Å². The quantitative estimate of drug-likeness (QED) is 0.652. The van der Waals surface area contributed by atoms with Crippen molar-refractivity contribution < 1.29 is 13.9 Å². The van der Waals surface area contributed by atoms with E-state index in [2.05, 4.69) is 25.2 Å². The topological polar surface area (TPSA) is 113 Å². The summed E-state index contributed by atoms with van der Waals surface area (Å²) in [5.41, 5.74) is 1.77. The van der Waals surface area contributed by atoms with Crippen molar-refractivity contribution >= 4 is 23.0 Å². The molecule has 1 aliphatic rings.